The summed E-state index contributed by atoms with van der Waals surface area (Å²) in [4.78, 5) is 4.17. The van der Waals surface area contributed by atoms with Gasteiger partial charge in [-0.15, -0.1) is 0 Å². The summed E-state index contributed by atoms with van der Waals surface area (Å²) in [5.74, 6) is 0.625. The molecular weight excluding hydrogens is 310 g/mol. The molecule has 0 fully saturated rings. The van der Waals surface area contributed by atoms with Gasteiger partial charge in [-0.25, -0.2) is 8.42 Å². The van der Waals surface area contributed by atoms with Gasteiger partial charge in [0.05, 0.1) is 11.5 Å². The maximum Gasteiger partial charge on any atom is 0.188 e. The largest absolute Gasteiger partial charge is 0.370 e. The summed E-state index contributed by atoms with van der Waals surface area (Å²) in [6, 6.07) is 9.24. The van der Waals surface area contributed by atoms with Gasteiger partial charge in [-0.1, -0.05) is 56.5 Å². The van der Waals surface area contributed by atoms with Gasteiger partial charge in [-0.3, -0.25) is 4.99 Å². The Kier molecular flexibility index (Phi) is 9.36. The van der Waals surface area contributed by atoms with Crippen LogP contribution in [0.4, 0.5) is 0 Å². The highest BCUT2D eigenvalue weighted by atomic mass is 32.2. The van der Waals surface area contributed by atoms with E-state index in [1.807, 2.05) is 30.3 Å². The topological polar surface area (TPSA) is 84.5 Å². The molecule has 1 aromatic carbocycles. The van der Waals surface area contributed by atoms with Crippen LogP contribution in [0, 0.1) is 0 Å². The third kappa shape index (κ3) is 9.94. The van der Waals surface area contributed by atoms with Gasteiger partial charge in [0.1, 0.15) is 0 Å². The quantitative estimate of drug-likeness (QED) is 0.368. The first-order valence-corrected chi connectivity index (χ1v) is 10.1. The summed E-state index contributed by atoms with van der Waals surface area (Å²) < 4.78 is 24.0. The number of rotatable bonds is 11. The molecule has 1 aromatic rings. The Morgan fingerprint density at radius 2 is 1.87 bits per heavy atom. The minimum Gasteiger partial charge on any atom is -0.370 e. The molecule has 0 saturated heterocycles. The second-order valence-electron chi connectivity index (χ2n) is 5.69. The third-order valence-electron chi connectivity index (χ3n) is 3.46. The van der Waals surface area contributed by atoms with Gasteiger partial charge in [-0.2, -0.15) is 0 Å². The van der Waals surface area contributed by atoms with E-state index in [1.54, 1.807) is 0 Å². The van der Waals surface area contributed by atoms with Gasteiger partial charge in [0, 0.05) is 13.1 Å². The van der Waals surface area contributed by atoms with Gasteiger partial charge in [0.15, 0.2) is 15.8 Å². The predicted octanol–water partition coefficient (Wildman–Crippen LogP) is 2.48. The van der Waals surface area contributed by atoms with Crippen molar-refractivity contribution in [3.63, 3.8) is 0 Å². The lowest BCUT2D eigenvalue weighted by molar-refractivity contribution is 0.592. The molecular formula is C17H29N3O2S. The van der Waals surface area contributed by atoms with Crippen LogP contribution in [0.1, 0.15) is 44.6 Å². The van der Waals surface area contributed by atoms with Crippen molar-refractivity contribution in [2.45, 2.75) is 44.8 Å². The molecule has 0 aromatic heterocycles. The minimum absolute atomic E-state index is 0.0860. The number of hydrogen-bond donors (Lipinski definition) is 2. The van der Waals surface area contributed by atoms with Crippen LogP contribution in [0.3, 0.4) is 0 Å². The van der Waals surface area contributed by atoms with Crippen molar-refractivity contribution in [1.82, 2.24) is 5.32 Å². The van der Waals surface area contributed by atoms with Crippen molar-refractivity contribution in [2.24, 2.45) is 10.7 Å². The zero-order valence-corrected chi connectivity index (χ0v) is 14.8. The lowest BCUT2D eigenvalue weighted by atomic mass is 10.2. The average Bonchev–Trinajstić information content (AvgIpc) is 2.52. The maximum absolute atomic E-state index is 12.0. The van der Waals surface area contributed by atoms with E-state index in [2.05, 4.69) is 17.2 Å². The molecule has 1 rings (SSSR count). The zero-order valence-electron chi connectivity index (χ0n) is 14.0. The first kappa shape index (κ1) is 19.5. The van der Waals surface area contributed by atoms with Crippen LogP contribution >= 0.6 is 0 Å². The van der Waals surface area contributed by atoms with E-state index in [9.17, 15) is 8.42 Å². The van der Waals surface area contributed by atoms with Crippen LogP contribution in [0.15, 0.2) is 35.3 Å². The van der Waals surface area contributed by atoms with E-state index in [1.165, 1.54) is 19.3 Å². The molecule has 23 heavy (non-hydrogen) atoms. The summed E-state index contributed by atoms with van der Waals surface area (Å²) >= 11 is 0. The zero-order chi connectivity index (χ0) is 17.0. The van der Waals surface area contributed by atoms with Gasteiger partial charge < -0.3 is 11.1 Å². The summed E-state index contributed by atoms with van der Waals surface area (Å²) in [7, 11) is -3.09. The summed E-state index contributed by atoms with van der Waals surface area (Å²) in [5.41, 5.74) is 6.57. The number of nitrogens with two attached hydrogens (primary N) is 1. The number of guanidine groups is 1. The summed E-state index contributed by atoms with van der Waals surface area (Å²) in [5, 5.41) is 3.06. The van der Waals surface area contributed by atoms with Crippen LogP contribution in [0.5, 0.6) is 0 Å². The third-order valence-corrected chi connectivity index (χ3v) is 5.15. The smallest absolute Gasteiger partial charge is 0.188 e. The van der Waals surface area contributed by atoms with Crippen LogP contribution in [-0.4, -0.2) is 33.2 Å². The average molecular weight is 340 g/mol. The van der Waals surface area contributed by atoms with Crippen LogP contribution in [-0.2, 0) is 15.6 Å². The SMILES string of the molecule is CCCCCCNC(N)=NCCCS(=O)(=O)Cc1ccccc1. The number of aliphatic imine (C=N–C) groups is 1. The van der Waals surface area contributed by atoms with Crippen molar-refractivity contribution < 1.29 is 8.42 Å². The fourth-order valence-corrected chi connectivity index (χ4v) is 3.62. The van der Waals surface area contributed by atoms with E-state index >= 15 is 0 Å². The highest BCUT2D eigenvalue weighted by molar-refractivity contribution is 7.90. The second kappa shape index (κ2) is 11.0. The second-order valence-corrected chi connectivity index (χ2v) is 7.87. The number of unbranched alkanes of at least 4 members (excludes halogenated alkanes) is 3. The van der Waals surface area contributed by atoms with E-state index < -0.39 is 9.84 Å². The number of hydrogen-bond acceptors (Lipinski definition) is 3. The number of nitrogens with zero attached hydrogens (tertiary/aromatic N) is 1. The molecule has 0 spiro atoms. The maximum atomic E-state index is 12.0. The lowest BCUT2D eigenvalue weighted by Gasteiger charge is -2.06. The van der Waals surface area contributed by atoms with Crippen molar-refractivity contribution in [2.75, 3.05) is 18.8 Å². The van der Waals surface area contributed by atoms with Crippen LogP contribution in [0.25, 0.3) is 0 Å². The van der Waals surface area contributed by atoms with E-state index in [0.29, 0.717) is 18.9 Å². The fourth-order valence-electron chi connectivity index (χ4n) is 2.21. The van der Waals surface area contributed by atoms with Gasteiger partial charge in [0.2, 0.25) is 0 Å². The minimum atomic E-state index is -3.09. The Hall–Kier alpha value is -1.56. The van der Waals surface area contributed by atoms with E-state index in [0.717, 1.165) is 18.5 Å². The monoisotopic (exact) mass is 339 g/mol. The first-order chi connectivity index (χ1) is 11.0. The fraction of sp³-hybridized carbons (Fsp3) is 0.588. The molecule has 0 unspecified atom stereocenters. The van der Waals surface area contributed by atoms with E-state index in [-0.39, 0.29) is 11.5 Å². The molecule has 0 saturated carbocycles. The number of sulfone groups is 1. The van der Waals surface area contributed by atoms with Crippen molar-refractivity contribution in [3.05, 3.63) is 35.9 Å². The lowest BCUT2D eigenvalue weighted by Crippen LogP contribution is -2.32. The molecule has 3 N–H and O–H groups in total. The normalized spacial score (nSPS) is 12.3. The van der Waals surface area contributed by atoms with Crippen LogP contribution < -0.4 is 11.1 Å². The summed E-state index contributed by atoms with van der Waals surface area (Å²) in [6.45, 7) is 3.43. The number of nitrogens with one attached hydrogen (secondary N) is 1. The van der Waals surface area contributed by atoms with Crippen LogP contribution in [0.2, 0.25) is 0 Å². The molecule has 0 aliphatic carbocycles. The van der Waals surface area contributed by atoms with Crippen molar-refractivity contribution in [1.29, 1.82) is 0 Å². The Morgan fingerprint density at radius 1 is 1.13 bits per heavy atom. The molecule has 0 amide bonds. The van der Waals surface area contributed by atoms with Crippen molar-refractivity contribution >= 4 is 15.8 Å². The molecule has 5 nitrogen and oxygen atoms in total. The molecule has 0 atom stereocenters. The molecule has 0 bridgehead atoms. The highest BCUT2D eigenvalue weighted by Crippen LogP contribution is 2.07. The molecule has 0 aliphatic rings. The molecule has 130 valence electrons. The molecule has 0 heterocycles. The number of benzene rings is 1. The molecule has 6 heteroatoms. The van der Waals surface area contributed by atoms with Crippen molar-refractivity contribution in [3.8, 4) is 0 Å². The highest BCUT2D eigenvalue weighted by Gasteiger charge is 2.11. The standard InChI is InChI=1S/C17H29N3O2S/c1-2-3-4-8-12-19-17(18)20-13-9-14-23(21,22)15-16-10-6-5-7-11-16/h5-7,10-11H,2-4,8-9,12-15H2,1H3,(H3,18,19,20). The molecule has 0 aliphatic heterocycles. The van der Waals surface area contributed by atoms with Gasteiger partial charge in [0.25, 0.3) is 0 Å². The Morgan fingerprint density at radius 3 is 2.57 bits per heavy atom. The Bertz CT molecular complexity index is 556. The van der Waals surface area contributed by atoms with Gasteiger partial charge >= 0.3 is 0 Å². The van der Waals surface area contributed by atoms with E-state index in [4.69, 9.17) is 5.73 Å². The molecule has 0 radical (unpaired) electrons. The first-order valence-electron chi connectivity index (χ1n) is 8.31. The summed E-state index contributed by atoms with van der Waals surface area (Å²) in [6.07, 6.45) is 5.20. The Balaban J connectivity index is 2.20. The Labute approximate surface area is 140 Å². The van der Waals surface area contributed by atoms with Gasteiger partial charge in [-0.05, 0) is 18.4 Å². The predicted molar refractivity (Wildman–Crippen MR) is 97.2 cm³/mol.